The Morgan fingerprint density at radius 2 is 2.10 bits per heavy atom. The lowest BCUT2D eigenvalue weighted by Crippen LogP contribution is -2.34. The molecule has 0 aromatic heterocycles. The summed E-state index contributed by atoms with van der Waals surface area (Å²) >= 11 is 0. The molecule has 1 heterocycles. The number of rotatable bonds is 3. The fraction of sp³-hybridized carbons (Fsp3) is 0.462. The lowest BCUT2D eigenvalue weighted by Gasteiger charge is -2.14. The summed E-state index contributed by atoms with van der Waals surface area (Å²) in [4.78, 5) is 11.8. The average Bonchev–Trinajstić information content (AvgIpc) is 2.76. The standard InChI is InChI=1S/C13H16F2N2O2.ClH/c1-7-2-9(11(15)3-10(7)14)13(19)17-5-8-4-16-6-12(8)18;/h2-3,8,12,16,18H,4-6H2,1H3,(H,17,19);1H. The number of hydrogen-bond acceptors (Lipinski definition) is 3. The number of aliphatic hydroxyl groups is 1. The van der Waals surface area contributed by atoms with E-state index in [1.165, 1.54) is 13.0 Å². The number of carbonyl (C=O) groups excluding carboxylic acids is 1. The maximum absolute atomic E-state index is 13.5. The van der Waals surface area contributed by atoms with Crippen LogP contribution in [-0.2, 0) is 0 Å². The van der Waals surface area contributed by atoms with Gasteiger partial charge in [0.15, 0.2) is 0 Å². The van der Waals surface area contributed by atoms with Crippen molar-refractivity contribution in [3.63, 3.8) is 0 Å². The van der Waals surface area contributed by atoms with E-state index in [-0.39, 0.29) is 36.0 Å². The molecule has 1 aliphatic rings. The quantitative estimate of drug-likeness (QED) is 0.781. The zero-order valence-electron chi connectivity index (χ0n) is 11.0. The summed E-state index contributed by atoms with van der Waals surface area (Å²) in [5, 5.41) is 15.1. The van der Waals surface area contributed by atoms with Crippen molar-refractivity contribution in [2.24, 2.45) is 5.92 Å². The number of aliphatic hydroxyl groups excluding tert-OH is 1. The summed E-state index contributed by atoms with van der Waals surface area (Å²) in [5.41, 5.74) is 0.0356. The molecule has 0 saturated carbocycles. The van der Waals surface area contributed by atoms with Gasteiger partial charge >= 0.3 is 0 Å². The second-order valence-corrected chi connectivity index (χ2v) is 4.78. The highest BCUT2D eigenvalue weighted by Crippen LogP contribution is 2.14. The molecular weight excluding hydrogens is 290 g/mol. The molecule has 0 spiro atoms. The first-order valence-electron chi connectivity index (χ1n) is 6.11. The largest absolute Gasteiger partial charge is 0.391 e. The summed E-state index contributed by atoms with van der Waals surface area (Å²) in [6.45, 7) is 2.82. The summed E-state index contributed by atoms with van der Waals surface area (Å²) in [7, 11) is 0. The van der Waals surface area contributed by atoms with Crippen LogP contribution in [0.15, 0.2) is 12.1 Å². The van der Waals surface area contributed by atoms with Gasteiger partial charge in [-0.15, -0.1) is 12.4 Å². The van der Waals surface area contributed by atoms with Crippen molar-refractivity contribution in [2.45, 2.75) is 13.0 Å². The Hall–Kier alpha value is -1.24. The van der Waals surface area contributed by atoms with Gasteiger partial charge in [-0.1, -0.05) is 0 Å². The zero-order valence-corrected chi connectivity index (χ0v) is 11.8. The van der Waals surface area contributed by atoms with Crippen LogP contribution in [0.2, 0.25) is 0 Å². The molecule has 0 bridgehead atoms. The minimum absolute atomic E-state index is 0. The van der Waals surface area contributed by atoms with Gasteiger partial charge in [-0.2, -0.15) is 0 Å². The lowest BCUT2D eigenvalue weighted by molar-refractivity contribution is 0.0923. The summed E-state index contributed by atoms with van der Waals surface area (Å²) < 4.78 is 26.6. The van der Waals surface area contributed by atoms with Crippen LogP contribution in [0.1, 0.15) is 15.9 Å². The molecule has 0 radical (unpaired) electrons. The maximum atomic E-state index is 13.5. The van der Waals surface area contributed by atoms with E-state index in [0.717, 1.165) is 0 Å². The topological polar surface area (TPSA) is 61.4 Å². The van der Waals surface area contributed by atoms with Crippen LogP contribution in [0.3, 0.4) is 0 Å². The number of hydrogen-bond donors (Lipinski definition) is 3. The van der Waals surface area contributed by atoms with E-state index < -0.39 is 23.6 Å². The Morgan fingerprint density at radius 1 is 1.40 bits per heavy atom. The van der Waals surface area contributed by atoms with Gasteiger partial charge < -0.3 is 15.7 Å². The van der Waals surface area contributed by atoms with Crippen LogP contribution in [0.5, 0.6) is 0 Å². The summed E-state index contributed by atoms with van der Waals surface area (Å²) in [6, 6.07) is 1.89. The van der Waals surface area contributed by atoms with E-state index in [1.54, 1.807) is 0 Å². The minimum Gasteiger partial charge on any atom is -0.391 e. The van der Waals surface area contributed by atoms with E-state index in [0.29, 0.717) is 19.2 Å². The predicted octanol–water partition coefficient (Wildman–Crippen LogP) is 1.01. The van der Waals surface area contributed by atoms with Gasteiger partial charge in [0, 0.05) is 31.6 Å². The number of β-amino-alcohol motifs (C(OH)–C–C–N with tert-alkyl or cyclic N) is 1. The second-order valence-electron chi connectivity index (χ2n) is 4.78. The summed E-state index contributed by atoms with van der Waals surface area (Å²) in [5.74, 6) is -2.25. The smallest absolute Gasteiger partial charge is 0.254 e. The Morgan fingerprint density at radius 3 is 2.70 bits per heavy atom. The van der Waals surface area contributed by atoms with Crippen molar-refractivity contribution >= 4 is 18.3 Å². The van der Waals surface area contributed by atoms with Crippen molar-refractivity contribution in [3.8, 4) is 0 Å². The van der Waals surface area contributed by atoms with E-state index >= 15 is 0 Å². The molecule has 2 rings (SSSR count). The molecule has 2 unspecified atom stereocenters. The van der Waals surface area contributed by atoms with Gasteiger partial charge in [-0.3, -0.25) is 4.79 Å². The van der Waals surface area contributed by atoms with Gasteiger partial charge in [0.25, 0.3) is 5.91 Å². The molecule has 1 aromatic carbocycles. The lowest BCUT2D eigenvalue weighted by atomic mass is 10.1. The highest BCUT2D eigenvalue weighted by molar-refractivity contribution is 5.94. The van der Waals surface area contributed by atoms with E-state index in [9.17, 15) is 18.7 Å². The third kappa shape index (κ3) is 3.65. The molecule has 3 N–H and O–H groups in total. The average molecular weight is 307 g/mol. The number of carbonyl (C=O) groups is 1. The minimum atomic E-state index is -0.884. The Kier molecular flexibility index (Phi) is 5.86. The van der Waals surface area contributed by atoms with Crippen LogP contribution in [-0.4, -0.2) is 36.8 Å². The number of amides is 1. The third-order valence-corrected chi connectivity index (χ3v) is 3.32. The first kappa shape index (κ1) is 16.8. The third-order valence-electron chi connectivity index (χ3n) is 3.32. The molecule has 2 atom stereocenters. The molecular formula is C13H17ClF2N2O2. The van der Waals surface area contributed by atoms with Gasteiger partial charge in [0.1, 0.15) is 11.6 Å². The molecule has 4 nitrogen and oxygen atoms in total. The SMILES string of the molecule is Cc1cc(C(=O)NCC2CNCC2O)c(F)cc1F.Cl. The molecule has 1 saturated heterocycles. The van der Waals surface area contributed by atoms with Crippen molar-refractivity contribution in [1.29, 1.82) is 0 Å². The number of benzene rings is 1. The van der Waals surface area contributed by atoms with Crippen LogP contribution in [0.4, 0.5) is 8.78 Å². The Balaban J connectivity index is 0.00000200. The second kappa shape index (κ2) is 6.97. The monoisotopic (exact) mass is 306 g/mol. The first-order chi connectivity index (χ1) is 8.99. The van der Waals surface area contributed by atoms with Gasteiger partial charge in [0.05, 0.1) is 11.7 Å². The molecule has 1 amide bonds. The van der Waals surface area contributed by atoms with Gasteiger partial charge in [-0.05, 0) is 18.6 Å². The molecule has 112 valence electrons. The van der Waals surface area contributed by atoms with E-state index in [4.69, 9.17) is 0 Å². The maximum Gasteiger partial charge on any atom is 0.254 e. The van der Waals surface area contributed by atoms with Crippen molar-refractivity contribution < 1.29 is 18.7 Å². The molecule has 1 fully saturated rings. The number of aryl methyl sites for hydroxylation is 1. The van der Waals surface area contributed by atoms with Gasteiger partial charge in [0.2, 0.25) is 0 Å². The highest BCUT2D eigenvalue weighted by atomic mass is 35.5. The van der Waals surface area contributed by atoms with Crippen molar-refractivity contribution in [3.05, 3.63) is 34.9 Å². The molecule has 0 aliphatic carbocycles. The zero-order chi connectivity index (χ0) is 14.0. The fourth-order valence-electron chi connectivity index (χ4n) is 2.08. The highest BCUT2D eigenvalue weighted by Gasteiger charge is 2.25. The van der Waals surface area contributed by atoms with Crippen LogP contribution in [0, 0.1) is 24.5 Å². The van der Waals surface area contributed by atoms with E-state index in [2.05, 4.69) is 10.6 Å². The molecule has 1 aliphatic heterocycles. The molecule has 1 aromatic rings. The Bertz CT molecular complexity index is 500. The fourth-order valence-corrected chi connectivity index (χ4v) is 2.08. The predicted molar refractivity (Wildman–Crippen MR) is 73.0 cm³/mol. The van der Waals surface area contributed by atoms with Crippen LogP contribution < -0.4 is 10.6 Å². The normalized spacial score (nSPS) is 21.4. The van der Waals surface area contributed by atoms with E-state index in [1.807, 2.05) is 0 Å². The van der Waals surface area contributed by atoms with Crippen LogP contribution >= 0.6 is 12.4 Å². The van der Waals surface area contributed by atoms with Crippen molar-refractivity contribution in [2.75, 3.05) is 19.6 Å². The van der Waals surface area contributed by atoms with Gasteiger partial charge in [-0.25, -0.2) is 8.78 Å². The molecule has 20 heavy (non-hydrogen) atoms. The first-order valence-corrected chi connectivity index (χ1v) is 6.11. The number of halogens is 3. The van der Waals surface area contributed by atoms with Crippen LogP contribution in [0.25, 0.3) is 0 Å². The number of nitrogens with one attached hydrogen (secondary N) is 2. The summed E-state index contributed by atoms with van der Waals surface area (Å²) in [6.07, 6.45) is -0.514. The Labute approximate surface area is 122 Å². The molecule has 7 heteroatoms. The van der Waals surface area contributed by atoms with Crippen molar-refractivity contribution in [1.82, 2.24) is 10.6 Å².